The number of hydrogen-bond acceptors (Lipinski definition) is 3. The van der Waals surface area contributed by atoms with Gasteiger partial charge in [0, 0.05) is 6.42 Å². The molecule has 0 saturated carbocycles. The number of halogens is 3. The van der Waals surface area contributed by atoms with Gasteiger partial charge in [-0.2, -0.15) is 13.2 Å². The molecule has 1 aliphatic heterocycles. The van der Waals surface area contributed by atoms with Crippen LogP contribution in [0.3, 0.4) is 0 Å². The van der Waals surface area contributed by atoms with Crippen LogP contribution in [0.1, 0.15) is 13.3 Å². The highest BCUT2D eigenvalue weighted by Gasteiger charge is 2.33. The van der Waals surface area contributed by atoms with Gasteiger partial charge in [0.15, 0.2) is 11.8 Å². The van der Waals surface area contributed by atoms with Crippen LogP contribution in [0.5, 0.6) is 0 Å². The molecule has 1 unspecified atom stereocenters. The highest BCUT2D eigenvalue weighted by atomic mass is 19.4. The zero-order valence-corrected chi connectivity index (χ0v) is 7.10. The summed E-state index contributed by atoms with van der Waals surface area (Å²) in [4.78, 5) is 4.63. The number of rotatable bonds is 2. The molecule has 3 nitrogen and oxygen atoms in total. The normalized spacial score (nSPS) is 24.9. The predicted molar refractivity (Wildman–Crippen MR) is 39.5 cm³/mol. The van der Waals surface area contributed by atoms with E-state index in [1.807, 2.05) is 0 Å². The number of nitrogens with zero attached hydrogens (tertiary/aromatic N) is 1. The molecule has 0 N–H and O–H groups in total. The van der Waals surface area contributed by atoms with Gasteiger partial charge in [-0.3, -0.25) is 0 Å². The van der Waals surface area contributed by atoms with Gasteiger partial charge in [0.05, 0.1) is 13.2 Å². The quantitative estimate of drug-likeness (QED) is 0.498. The molecule has 1 heterocycles. The van der Waals surface area contributed by atoms with E-state index in [4.69, 9.17) is 4.74 Å². The Morgan fingerprint density at radius 2 is 2.23 bits per heavy atom. The highest BCUT2D eigenvalue weighted by molar-refractivity contribution is 5.86. The molecule has 1 atom stereocenters. The molecule has 1 rings (SSSR count). The first-order valence-corrected chi connectivity index (χ1v) is 3.85. The van der Waals surface area contributed by atoms with Gasteiger partial charge in [-0.1, -0.05) is 5.16 Å². The predicted octanol–water partition coefficient (Wildman–Crippen LogP) is 1.73. The van der Waals surface area contributed by atoms with Gasteiger partial charge >= 0.3 is 6.18 Å². The van der Waals surface area contributed by atoms with E-state index in [1.54, 1.807) is 0 Å². The van der Waals surface area contributed by atoms with Crippen molar-refractivity contribution in [1.82, 2.24) is 0 Å². The maximum atomic E-state index is 11.9. The van der Waals surface area contributed by atoms with Crippen molar-refractivity contribution in [2.24, 2.45) is 5.16 Å². The molecule has 6 heteroatoms. The standard InChI is InChI=1S/C7H10F3NO2/c1-5(7(8,9)10)11-13-6-2-3-12-4-6/h6H,2-4H2,1H3/b11-5+. The second-order valence-electron chi connectivity index (χ2n) is 2.77. The molecule has 0 aromatic rings. The summed E-state index contributed by atoms with van der Waals surface area (Å²) in [6.07, 6.45) is -4.15. The summed E-state index contributed by atoms with van der Waals surface area (Å²) in [6.45, 7) is 1.70. The summed E-state index contributed by atoms with van der Waals surface area (Å²) in [5.41, 5.74) is -0.973. The summed E-state index contributed by atoms with van der Waals surface area (Å²) in [7, 11) is 0. The lowest BCUT2D eigenvalue weighted by Crippen LogP contribution is -2.21. The second-order valence-corrected chi connectivity index (χ2v) is 2.77. The molecule has 13 heavy (non-hydrogen) atoms. The minimum absolute atomic E-state index is 0.314. The van der Waals surface area contributed by atoms with Crippen LogP contribution in [0.25, 0.3) is 0 Å². The zero-order valence-electron chi connectivity index (χ0n) is 7.10. The van der Waals surface area contributed by atoms with Crippen molar-refractivity contribution >= 4 is 5.71 Å². The van der Waals surface area contributed by atoms with Gasteiger partial charge in [0.1, 0.15) is 0 Å². The first-order valence-electron chi connectivity index (χ1n) is 3.85. The summed E-state index contributed by atoms with van der Waals surface area (Å²) in [6, 6.07) is 0. The van der Waals surface area contributed by atoms with E-state index >= 15 is 0 Å². The summed E-state index contributed by atoms with van der Waals surface area (Å²) in [5, 5.41) is 2.99. The van der Waals surface area contributed by atoms with Gasteiger partial charge in [-0.25, -0.2) is 0 Å². The van der Waals surface area contributed by atoms with Crippen LogP contribution in [0.4, 0.5) is 13.2 Å². The summed E-state index contributed by atoms with van der Waals surface area (Å²) < 4.78 is 40.5. The first kappa shape index (κ1) is 10.3. The molecule has 1 saturated heterocycles. The maximum Gasteiger partial charge on any atom is 0.432 e. The fourth-order valence-electron chi connectivity index (χ4n) is 0.801. The zero-order chi connectivity index (χ0) is 9.90. The molecule has 1 aliphatic rings. The Bertz CT molecular complexity index is 196. The lowest BCUT2D eigenvalue weighted by Gasteiger charge is -2.08. The average molecular weight is 197 g/mol. The fraction of sp³-hybridized carbons (Fsp3) is 0.857. The maximum absolute atomic E-state index is 11.9. The van der Waals surface area contributed by atoms with Crippen molar-refractivity contribution in [2.75, 3.05) is 13.2 Å². The van der Waals surface area contributed by atoms with Crippen LogP contribution in [-0.2, 0) is 9.57 Å². The Hall–Kier alpha value is -0.780. The topological polar surface area (TPSA) is 30.8 Å². The Morgan fingerprint density at radius 3 is 2.69 bits per heavy atom. The molecule has 0 bridgehead atoms. The molecular formula is C7H10F3NO2. The SMILES string of the molecule is C/C(=N\OC1CCOC1)C(F)(F)F. The minimum Gasteiger partial charge on any atom is -0.390 e. The van der Waals surface area contributed by atoms with Crippen molar-refractivity contribution in [2.45, 2.75) is 25.6 Å². The van der Waals surface area contributed by atoms with E-state index in [-0.39, 0.29) is 6.10 Å². The van der Waals surface area contributed by atoms with Crippen molar-refractivity contribution in [3.8, 4) is 0 Å². The van der Waals surface area contributed by atoms with Crippen LogP contribution < -0.4 is 0 Å². The van der Waals surface area contributed by atoms with E-state index in [0.717, 1.165) is 6.92 Å². The molecule has 0 amide bonds. The van der Waals surface area contributed by atoms with Crippen molar-refractivity contribution in [3.63, 3.8) is 0 Å². The molecule has 0 aliphatic carbocycles. The summed E-state index contributed by atoms with van der Waals surface area (Å²) in [5.74, 6) is 0. The fourth-order valence-corrected chi connectivity index (χ4v) is 0.801. The first-order chi connectivity index (χ1) is 6.00. The molecule has 0 radical (unpaired) electrons. The van der Waals surface area contributed by atoms with Gasteiger partial charge < -0.3 is 9.57 Å². The van der Waals surface area contributed by atoms with Crippen LogP contribution in [0.15, 0.2) is 5.16 Å². The number of oxime groups is 1. The highest BCUT2D eigenvalue weighted by Crippen LogP contribution is 2.18. The van der Waals surface area contributed by atoms with E-state index in [1.165, 1.54) is 0 Å². The van der Waals surface area contributed by atoms with Gasteiger partial charge in [0.25, 0.3) is 0 Å². The second kappa shape index (κ2) is 3.95. The number of ether oxygens (including phenoxy) is 1. The average Bonchev–Trinajstić information content (AvgIpc) is 2.50. The van der Waals surface area contributed by atoms with Crippen LogP contribution in [-0.4, -0.2) is 31.2 Å². The van der Waals surface area contributed by atoms with Crippen LogP contribution in [0.2, 0.25) is 0 Å². The smallest absolute Gasteiger partial charge is 0.390 e. The van der Waals surface area contributed by atoms with Gasteiger partial charge in [-0.15, -0.1) is 0 Å². The molecule has 76 valence electrons. The molecular weight excluding hydrogens is 187 g/mol. The van der Waals surface area contributed by atoms with Crippen LogP contribution in [0, 0.1) is 0 Å². The molecule has 1 fully saturated rings. The van der Waals surface area contributed by atoms with Crippen molar-refractivity contribution < 1.29 is 22.7 Å². The Balaban J connectivity index is 2.38. The largest absolute Gasteiger partial charge is 0.432 e. The summed E-state index contributed by atoms with van der Waals surface area (Å²) >= 11 is 0. The lowest BCUT2D eigenvalue weighted by molar-refractivity contribution is -0.0647. The van der Waals surface area contributed by atoms with E-state index in [2.05, 4.69) is 9.99 Å². The van der Waals surface area contributed by atoms with Crippen LogP contribution >= 0.6 is 0 Å². The van der Waals surface area contributed by atoms with Crippen molar-refractivity contribution in [1.29, 1.82) is 0 Å². The van der Waals surface area contributed by atoms with Crippen molar-refractivity contribution in [3.05, 3.63) is 0 Å². The van der Waals surface area contributed by atoms with E-state index in [9.17, 15) is 13.2 Å². The third kappa shape index (κ3) is 3.22. The minimum atomic E-state index is -4.40. The number of hydrogen-bond donors (Lipinski definition) is 0. The third-order valence-corrected chi connectivity index (χ3v) is 1.64. The van der Waals surface area contributed by atoms with E-state index in [0.29, 0.717) is 19.6 Å². The van der Waals surface area contributed by atoms with Gasteiger partial charge in [0.2, 0.25) is 0 Å². The molecule has 0 aromatic heterocycles. The lowest BCUT2D eigenvalue weighted by atomic mass is 10.3. The monoisotopic (exact) mass is 197 g/mol. The Morgan fingerprint density at radius 1 is 1.54 bits per heavy atom. The molecule has 0 aromatic carbocycles. The Kier molecular flexibility index (Phi) is 3.13. The van der Waals surface area contributed by atoms with E-state index < -0.39 is 11.9 Å². The number of alkyl halides is 3. The third-order valence-electron chi connectivity index (χ3n) is 1.64. The van der Waals surface area contributed by atoms with Gasteiger partial charge in [-0.05, 0) is 6.92 Å². The molecule has 0 spiro atoms. The Labute approximate surface area is 73.5 Å².